The first-order valence-electron chi connectivity index (χ1n) is 9.37. The molecule has 0 unspecified atom stereocenters. The van der Waals surface area contributed by atoms with Crippen LogP contribution in [0.2, 0.25) is 0 Å². The first kappa shape index (κ1) is 17.0. The maximum absolute atomic E-state index is 9.57. The van der Waals surface area contributed by atoms with Crippen LogP contribution in [-0.2, 0) is 12.8 Å². The van der Waals surface area contributed by atoms with Gasteiger partial charge in [0.25, 0.3) is 0 Å². The highest BCUT2D eigenvalue weighted by atomic mass is 16.3. The molecular formula is C22H29NO. The van der Waals surface area contributed by atoms with Gasteiger partial charge in [-0.25, -0.2) is 0 Å². The standard InChI is InChI=1S/C22H29NO/c1-3-14-23(15-4-2)19-11-8-17-6-5-7-21(22(17)16-19)18-9-12-20(24)13-10-18/h5-7,9-10,12-13,19,24H,3-4,8,11,14-16H2,1-2H3/t19-/m0/s1. The van der Waals surface area contributed by atoms with E-state index in [0.717, 1.165) is 6.42 Å². The van der Waals surface area contributed by atoms with Gasteiger partial charge in [-0.2, -0.15) is 0 Å². The molecule has 2 aromatic carbocycles. The van der Waals surface area contributed by atoms with Crippen molar-refractivity contribution in [3.63, 3.8) is 0 Å². The van der Waals surface area contributed by atoms with Crippen molar-refractivity contribution in [2.75, 3.05) is 13.1 Å². The van der Waals surface area contributed by atoms with Crippen molar-refractivity contribution in [1.82, 2.24) is 4.90 Å². The van der Waals surface area contributed by atoms with Crippen LogP contribution in [0, 0.1) is 0 Å². The van der Waals surface area contributed by atoms with Crippen molar-refractivity contribution in [2.24, 2.45) is 0 Å². The van der Waals surface area contributed by atoms with Gasteiger partial charge < -0.3 is 10.0 Å². The number of phenolic OH excluding ortho intramolecular Hbond substituents is 1. The fraction of sp³-hybridized carbons (Fsp3) is 0.455. The van der Waals surface area contributed by atoms with Crippen LogP contribution in [0.5, 0.6) is 5.75 Å². The predicted octanol–water partition coefficient (Wildman–Crippen LogP) is 5.04. The van der Waals surface area contributed by atoms with Crippen LogP contribution in [0.4, 0.5) is 0 Å². The molecule has 2 aromatic rings. The van der Waals surface area contributed by atoms with Gasteiger partial charge in [0.2, 0.25) is 0 Å². The van der Waals surface area contributed by atoms with Gasteiger partial charge >= 0.3 is 0 Å². The molecule has 128 valence electrons. The summed E-state index contributed by atoms with van der Waals surface area (Å²) in [6.07, 6.45) is 6.04. The number of hydrogen-bond acceptors (Lipinski definition) is 2. The number of rotatable bonds is 6. The Balaban J connectivity index is 1.90. The third-order valence-electron chi connectivity index (χ3n) is 5.18. The number of fused-ring (bicyclic) bond motifs is 1. The molecule has 24 heavy (non-hydrogen) atoms. The van der Waals surface area contributed by atoms with Crippen molar-refractivity contribution in [2.45, 2.75) is 52.0 Å². The van der Waals surface area contributed by atoms with E-state index in [1.54, 1.807) is 12.1 Å². The second kappa shape index (κ2) is 7.85. The van der Waals surface area contributed by atoms with Crippen molar-refractivity contribution >= 4 is 0 Å². The third kappa shape index (κ3) is 3.64. The van der Waals surface area contributed by atoms with Crippen LogP contribution in [0.15, 0.2) is 42.5 Å². The van der Waals surface area contributed by atoms with E-state index in [-0.39, 0.29) is 0 Å². The average molecular weight is 323 g/mol. The Kier molecular flexibility index (Phi) is 5.57. The zero-order valence-electron chi connectivity index (χ0n) is 15.0. The lowest BCUT2D eigenvalue weighted by atomic mass is 9.83. The minimum atomic E-state index is 0.332. The lowest BCUT2D eigenvalue weighted by Crippen LogP contribution is -2.40. The van der Waals surface area contributed by atoms with Gasteiger partial charge in [-0.1, -0.05) is 44.2 Å². The van der Waals surface area contributed by atoms with Gasteiger partial charge in [-0.05, 0) is 79.6 Å². The summed E-state index contributed by atoms with van der Waals surface area (Å²) in [4.78, 5) is 2.69. The molecule has 2 heteroatoms. The van der Waals surface area contributed by atoms with E-state index < -0.39 is 0 Å². The quantitative estimate of drug-likeness (QED) is 0.805. The Labute approximate surface area is 146 Å². The van der Waals surface area contributed by atoms with E-state index in [0.29, 0.717) is 11.8 Å². The van der Waals surface area contributed by atoms with Crippen molar-refractivity contribution in [1.29, 1.82) is 0 Å². The maximum Gasteiger partial charge on any atom is 0.115 e. The summed E-state index contributed by atoms with van der Waals surface area (Å²) in [5.41, 5.74) is 5.56. The van der Waals surface area contributed by atoms with E-state index >= 15 is 0 Å². The molecule has 0 bridgehead atoms. The van der Waals surface area contributed by atoms with Gasteiger partial charge in [0.05, 0.1) is 0 Å². The maximum atomic E-state index is 9.57. The van der Waals surface area contributed by atoms with Gasteiger partial charge in [0.15, 0.2) is 0 Å². The number of aromatic hydroxyl groups is 1. The monoisotopic (exact) mass is 323 g/mol. The molecule has 0 saturated carbocycles. The molecule has 0 radical (unpaired) electrons. The Hall–Kier alpha value is -1.80. The minimum Gasteiger partial charge on any atom is -0.508 e. The van der Waals surface area contributed by atoms with E-state index in [4.69, 9.17) is 0 Å². The van der Waals surface area contributed by atoms with Crippen molar-refractivity contribution in [3.8, 4) is 16.9 Å². The SMILES string of the molecule is CCCN(CCC)[C@H]1CCc2cccc(-c3ccc(O)cc3)c2C1. The summed E-state index contributed by atoms with van der Waals surface area (Å²) in [5.74, 6) is 0.332. The highest BCUT2D eigenvalue weighted by Gasteiger charge is 2.25. The van der Waals surface area contributed by atoms with Crippen LogP contribution in [0.1, 0.15) is 44.2 Å². The number of aryl methyl sites for hydroxylation is 1. The molecule has 2 nitrogen and oxygen atoms in total. The average Bonchev–Trinajstić information content (AvgIpc) is 2.61. The summed E-state index contributed by atoms with van der Waals surface area (Å²) >= 11 is 0. The number of benzene rings is 2. The number of hydrogen-bond donors (Lipinski definition) is 1. The van der Waals surface area contributed by atoms with E-state index in [9.17, 15) is 5.11 Å². The minimum absolute atomic E-state index is 0.332. The Morgan fingerprint density at radius 2 is 1.71 bits per heavy atom. The Bertz CT molecular complexity index is 656. The molecule has 0 aliphatic heterocycles. The highest BCUT2D eigenvalue weighted by molar-refractivity contribution is 5.69. The third-order valence-corrected chi connectivity index (χ3v) is 5.18. The van der Waals surface area contributed by atoms with Crippen molar-refractivity contribution in [3.05, 3.63) is 53.6 Å². The molecule has 0 heterocycles. The number of phenols is 1. The first-order chi connectivity index (χ1) is 11.7. The molecule has 3 rings (SSSR count). The summed E-state index contributed by atoms with van der Waals surface area (Å²) in [6.45, 7) is 6.97. The zero-order valence-corrected chi connectivity index (χ0v) is 15.0. The smallest absolute Gasteiger partial charge is 0.115 e. The predicted molar refractivity (Wildman–Crippen MR) is 102 cm³/mol. The van der Waals surface area contributed by atoms with Gasteiger partial charge in [0, 0.05) is 6.04 Å². The summed E-state index contributed by atoms with van der Waals surface area (Å²) in [7, 11) is 0. The van der Waals surface area contributed by atoms with Gasteiger partial charge in [-0.3, -0.25) is 0 Å². The summed E-state index contributed by atoms with van der Waals surface area (Å²) in [6, 6.07) is 15.0. The largest absolute Gasteiger partial charge is 0.508 e. The van der Waals surface area contributed by atoms with Crippen LogP contribution < -0.4 is 0 Å². The van der Waals surface area contributed by atoms with E-state index in [1.807, 2.05) is 12.1 Å². The van der Waals surface area contributed by atoms with Gasteiger partial charge in [-0.15, -0.1) is 0 Å². The fourth-order valence-electron chi connectivity index (χ4n) is 4.04. The normalized spacial score (nSPS) is 17.0. The molecule has 0 fully saturated rings. The molecule has 1 N–H and O–H groups in total. The molecule has 0 aromatic heterocycles. The van der Waals surface area contributed by atoms with Crippen molar-refractivity contribution < 1.29 is 5.11 Å². The Morgan fingerprint density at radius 1 is 1.00 bits per heavy atom. The molecule has 1 aliphatic carbocycles. The molecule has 1 atom stereocenters. The lowest BCUT2D eigenvalue weighted by Gasteiger charge is -2.36. The van der Waals surface area contributed by atoms with Gasteiger partial charge in [0.1, 0.15) is 5.75 Å². The highest BCUT2D eigenvalue weighted by Crippen LogP contribution is 2.33. The van der Waals surface area contributed by atoms with Crippen LogP contribution in [0.25, 0.3) is 11.1 Å². The topological polar surface area (TPSA) is 23.5 Å². The molecular weight excluding hydrogens is 294 g/mol. The van der Waals surface area contributed by atoms with Crippen LogP contribution in [0.3, 0.4) is 0 Å². The molecule has 0 saturated heterocycles. The first-order valence-corrected chi connectivity index (χ1v) is 9.37. The van der Waals surface area contributed by atoms with Crippen LogP contribution >= 0.6 is 0 Å². The van der Waals surface area contributed by atoms with E-state index in [1.165, 1.54) is 61.0 Å². The molecule has 1 aliphatic rings. The second-order valence-electron chi connectivity index (χ2n) is 6.92. The molecule has 0 spiro atoms. The summed E-state index contributed by atoms with van der Waals surface area (Å²) < 4.78 is 0. The Morgan fingerprint density at radius 3 is 2.38 bits per heavy atom. The summed E-state index contributed by atoms with van der Waals surface area (Å²) in [5, 5.41) is 9.57. The van der Waals surface area contributed by atoms with Crippen LogP contribution in [-0.4, -0.2) is 29.1 Å². The number of nitrogens with zero attached hydrogens (tertiary/aromatic N) is 1. The van der Waals surface area contributed by atoms with E-state index in [2.05, 4.69) is 36.9 Å². The lowest BCUT2D eigenvalue weighted by molar-refractivity contribution is 0.180. The fourth-order valence-corrected chi connectivity index (χ4v) is 4.04. The zero-order chi connectivity index (χ0) is 16.9. The molecule has 0 amide bonds. The second-order valence-corrected chi connectivity index (χ2v) is 6.92.